The van der Waals surface area contributed by atoms with Crippen LogP contribution in [-0.4, -0.2) is 29.0 Å². The molecule has 3 rings (SSSR count). The molecule has 0 amide bonds. The van der Waals surface area contributed by atoms with Crippen LogP contribution < -0.4 is 5.32 Å². The maximum absolute atomic E-state index is 5.99. The Kier molecular flexibility index (Phi) is 4.26. The minimum Gasteiger partial charge on any atom is -0.378 e. The predicted octanol–water partition coefficient (Wildman–Crippen LogP) is 3.64. The maximum atomic E-state index is 5.99. The Bertz CT molecular complexity index is 442. The molecule has 2 aliphatic rings. The molecule has 112 valence electrons. The van der Waals surface area contributed by atoms with Gasteiger partial charge in [0, 0.05) is 18.1 Å². The molecule has 4 nitrogen and oxygen atoms in total. The quantitative estimate of drug-likeness (QED) is 0.901. The van der Waals surface area contributed by atoms with Gasteiger partial charge in [0.25, 0.3) is 0 Å². The number of aryl methyl sites for hydroxylation is 1. The van der Waals surface area contributed by atoms with E-state index in [1.54, 1.807) is 11.3 Å². The molecule has 0 radical (unpaired) electrons. The van der Waals surface area contributed by atoms with Crippen LogP contribution in [0, 0.1) is 5.41 Å². The van der Waals surface area contributed by atoms with Crippen molar-refractivity contribution in [3.8, 4) is 0 Å². The first kappa shape index (κ1) is 14.3. The standard InChI is InChI=1S/C15H25N3OS/c1-3-13-17-18-14(20-13)16-11-10-12(19-4-2)15(11)8-6-5-7-9-15/h11-12H,3-10H2,1-2H3,(H,16,18). The van der Waals surface area contributed by atoms with Crippen LogP contribution in [0.4, 0.5) is 5.13 Å². The summed E-state index contributed by atoms with van der Waals surface area (Å²) in [6.07, 6.45) is 9.21. The third-order valence-corrected chi connectivity index (χ3v) is 6.00. The number of aromatic nitrogens is 2. The number of nitrogens with zero attached hydrogens (tertiary/aromatic N) is 2. The summed E-state index contributed by atoms with van der Waals surface area (Å²) in [5.74, 6) is 0. The lowest BCUT2D eigenvalue weighted by atomic mass is 9.55. The lowest BCUT2D eigenvalue weighted by Crippen LogP contribution is -2.62. The van der Waals surface area contributed by atoms with Crippen LogP contribution >= 0.6 is 11.3 Å². The molecule has 2 aliphatic carbocycles. The van der Waals surface area contributed by atoms with Crippen molar-refractivity contribution in [3.63, 3.8) is 0 Å². The fourth-order valence-electron chi connectivity index (χ4n) is 3.87. The van der Waals surface area contributed by atoms with Gasteiger partial charge in [0.1, 0.15) is 5.01 Å². The first-order valence-corrected chi connectivity index (χ1v) is 8.80. The van der Waals surface area contributed by atoms with Crippen LogP contribution in [0.5, 0.6) is 0 Å². The van der Waals surface area contributed by atoms with Crippen LogP contribution in [0.1, 0.15) is 57.4 Å². The molecule has 1 heterocycles. The third kappa shape index (κ3) is 2.46. The van der Waals surface area contributed by atoms with Gasteiger partial charge in [0.2, 0.25) is 5.13 Å². The van der Waals surface area contributed by atoms with E-state index in [0.29, 0.717) is 17.6 Å². The average molecular weight is 295 g/mol. The Morgan fingerprint density at radius 3 is 2.70 bits per heavy atom. The largest absolute Gasteiger partial charge is 0.378 e. The van der Waals surface area contributed by atoms with Gasteiger partial charge in [0.15, 0.2) is 0 Å². The molecule has 2 fully saturated rings. The van der Waals surface area contributed by atoms with Gasteiger partial charge in [-0.25, -0.2) is 0 Å². The molecule has 1 aromatic heterocycles. The van der Waals surface area contributed by atoms with Crippen LogP contribution in [0.15, 0.2) is 0 Å². The van der Waals surface area contributed by atoms with E-state index in [1.165, 1.54) is 32.1 Å². The summed E-state index contributed by atoms with van der Waals surface area (Å²) in [7, 11) is 0. The number of ether oxygens (including phenoxy) is 1. The van der Waals surface area contributed by atoms with E-state index in [2.05, 4.69) is 29.4 Å². The zero-order valence-corrected chi connectivity index (χ0v) is 13.3. The van der Waals surface area contributed by atoms with E-state index < -0.39 is 0 Å². The molecule has 2 unspecified atom stereocenters. The Hall–Kier alpha value is -0.680. The molecular formula is C15H25N3OS. The molecule has 0 bridgehead atoms. The van der Waals surface area contributed by atoms with Gasteiger partial charge in [-0.3, -0.25) is 0 Å². The van der Waals surface area contributed by atoms with E-state index in [1.807, 2.05) is 0 Å². The monoisotopic (exact) mass is 295 g/mol. The van der Waals surface area contributed by atoms with Gasteiger partial charge in [0.05, 0.1) is 6.10 Å². The highest BCUT2D eigenvalue weighted by molar-refractivity contribution is 7.15. The second-order valence-electron chi connectivity index (χ2n) is 6.02. The summed E-state index contributed by atoms with van der Waals surface area (Å²) in [4.78, 5) is 0. The predicted molar refractivity (Wildman–Crippen MR) is 82.2 cm³/mol. The molecule has 0 aliphatic heterocycles. The number of anilines is 1. The Morgan fingerprint density at radius 2 is 2.05 bits per heavy atom. The highest BCUT2D eigenvalue weighted by Gasteiger charge is 2.55. The molecule has 5 heteroatoms. The number of rotatable bonds is 5. The number of hydrogen-bond acceptors (Lipinski definition) is 5. The first-order chi connectivity index (χ1) is 9.78. The maximum Gasteiger partial charge on any atom is 0.205 e. The van der Waals surface area contributed by atoms with E-state index >= 15 is 0 Å². The van der Waals surface area contributed by atoms with Crippen molar-refractivity contribution in [2.75, 3.05) is 11.9 Å². The van der Waals surface area contributed by atoms with E-state index in [4.69, 9.17) is 4.74 Å². The third-order valence-electron chi connectivity index (χ3n) is 5.00. The summed E-state index contributed by atoms with van der Waals surface area (Å²) < 4.78 is 5.99. The van der Waals surface area contributed by atoms with Crippen molar-refractivity contribution in [1.82, 2.24) is 10.2 Å². The van der Waals surface area contributed by atoms with Crippen LogP contribution in [0.2, 0.25) is 0 Å². The van der Waals surface area contributed by atoms with Gasteiger partial charge in [-0.15, -0.1) is 10.2 Å². The van der Waals surface area contributed by atoms with E-state index in [-0.39, 0.29) is 0 Å². The van der Waals surface area contributed by atoms with Gasteiger partial charge in [-0.1, -0.05) is 37.5 Å². The SMILES string of the molecule is CCOC1CC(Nc2nnc(CC)s2)C12CCCCC2. The van der Waals surface area contributed by atoms with E-state index in [9.17, 15) is 0 Å². The molecule has 1 spiro atoms. The minimum absolute atomic E-state index is 0.353. The molecule has 1 N–H and O–H groups in total. The van der Waals surface area contributed by atoms with Crippen molar-refractivity contribution in [2.24, 2.45) is 5.41 Å². The van der Waals surface area contributed by atoms with Crippen molar-refractivity contribution < 1.29 is 4.74 Å². The summed E-state index contributed by atoms with van der Waals surface area (Å²) in [5.41, 5.74) is 0.353. The second kappa shape index (κ2) is 5.98. The smallest absolute Gasteiger partial charge is 0.205 e. The number of hydrogen-bond donors (Lipinski definition) is 1. The summed E-state index contributed by atoms with van der Waals surface area (Å²) in [5, 5.41) is 14.2. The second-order valence-corrected chi connectivity index (χ2v) is 7.09. The van der Waals surface area contributed by atoms with Crippen molar-refractivity contribution >= 4 is 16.5 Å². The molecular weight excluding hydrogens is 270 g/mol. The summed E-state index contributed by atoms with van der Waals surface area (Å²) in [6.45, 7) is 5.06. The molecule has 1 aromatic rings. The average Bonchev–Trinajstić information content (AvgIpc) is 2.95. The highest BCUT2D eigenvalue weighted by atomic mass is 32.1. The van der Waals surface area contributed by atoms with Crippen LogP contribution in [0.25, 0.3) is 0 Å². The fourth-order valence-corrected chi connectivity index (χ4v) is 4.60. The van der Waals surface area contributed by atoms with Gasteiger partial charge < -0.3 is 10.1 Å². The molecule has 0 saturated heterocycles. The molecule has 20 heavy (non-hydrogen) atoms. The summed E-state index contributed by atoms with van der Waals surface area (Å²) in [6, 6.07) is 0.525. The van der Waals surface area contributed by atoms with Gasteiger partial charge in [-0.2, -0.15) is 0 Å². The Labute approximate surface area is 125 Å². The minimum atomic E-state index is 0.353. The Balaban J connectivity index is 1.69. The fraction of sp³-hybridized carbons (Fsp3) is 0.867. The lowest BCUT2D eigenvalue weighted by Gasteiger charge is -2.57. The van der Waals surface area contributed by atoms with E-state index in [0.717, 1.165) is 29.6 Å². The van der Waals surface area contributed by atoms with Gasteiger partial charge in [-0.05, 0) is 32.6 Å². The highest BCUT2D eigenvalue weighted by Crippen LogP contribution is 2.54. The first-order valence-electron chi connectivity index (χ1n) is 7.99. The van der Waals surface area contributed by atoms with Crippen molar-refractivity contribution in [2.45, 2.75) is 70.9 Å². The molecule has 2 saturated carbocycles. The zero-order valence-electron chi connectivity index (χ0n) is 12.5. The van der Waals surface area contributed by atoms with Crippen LogP contribution in [0.3, 0.4) is 0 Å². The molecule has 0 aromatic carbocycles. The van der Waals surface area contributed by atoms with Crippen LogP contribution in [-0.2, 0) is 11.2 Å². The van der Waals surface area contributed by atoms with Gasteiger partial charge >= 0.3 is 0 Å². The van der Waals surface area contributed by atoms with Crippen molar-refractivity contribution in [1.29, 1.82) is 0 Å². The van der Waals surface area contributed by atoms with Crippen molar-refractivity contribution in [3.05, 3.63) is 5.01 Å². The topological polar surface area (TPSA) is 47.0 Å². The lowest BCUT2D eigenvalue weighted by molar-refractivity contribution is -0.134. The molecule has 2 atom stereocenters. The Morgan fingerprint density at radius 1 is 1.25 bits per heavy atom. The normalized spacial score (nSPS) is 28.3. The zero-order chi connectivity index (χ0) is 14.0. The summed E-state index contributed by atoms with van der Waals surface area (Å²) >= 11 is 1.70. The number of nitrogens with one attached hydrogen (secondary N) is 1.